The second-order valence-corrected chi connectivity index (χ2v) is 3.13. The molecule has 12 heavy (non-hydrogen) atoms. The molecule has 0 aromatic carbocycles. The lowest BCUT2D eigenvalue weighted by molar-refractivity contribution is -0.127. The van der Waals surface area contributed by atoms with Gasteiger partial charge in [0.05, 0.1) is 6.10 Å². The topological polar surface area (TPSA) is 38.3 Å². The third-order valence-corrected chi connectivity index (χ3v) is 1.45. The summed E-state index contributed by atoms with van der Waals surface area (Å²) in [6, 6.07) is 0. The number of hydrogen-bond donors (Lipinski definition) is 1. The van der Waals surface area contributed by atoms with Crippen LogP contribution in [0.4, 0.5) is 0 Å². The van der Waals surface area contributed by atoms with Crippen LogP contribution in [0.3, 0.4) is 0 Å². The van der Waals surface area contributed by atoms with Gasteiger partial charge in [0.15, 0.2) is 0 Å². The van der Waals surface area contributed by atoms with Gasteiger partial charge >= 0.3 is 0 Å². The highest BCUT2D eigenvalue weighted by molar-refractivity contribution is 6.17. The van der Waals surface area contributed by atoms with Crippen molar-refractivity contribution in [2.75, 3.05) is 19.0 Å². The molecule has 0 aromatic heterocycles. The van der Waals surface area contributed by atoms with Gasteiger partial charge in [-0.25, -0.2) is 0 Å². The van der Waals surface area contributed by atoms with Crippen LogP contribution in [0.2, 0.25) is 0 Å². The number of carbonyl (C=O) groups excluding carboxylic acids is 1. The minimum absolute atomic E-state index is 0.0752. The Morgan fingerprint density at radius 2 is 2.25 bits per heavy atom. The molecule has 0 fully saturated rings. The van der Waals surface area contributed by atoms with Gasteiger partial charge in [-0.3, -0.25) is 4.79 Å². The molecule has 1 amide bonds. The van der Waals surface area contributed by atoms with Gasteiger partial charge < -0.3 is 10.1 Å². The molecular weight excluding hydrogens is 178 g/mol. The summed E-state index contributed by atoms with van der Waals surface area (Å²) in [6.07, 6.45) is 0.901. The number of nitrogens with one attached hydrogen (secondary N) is 1. The number of alkyl halides is 1. The van der Waals surface area contributed by atoms with E-state index in [9.17, 15) is 4.79 Å². The van der Waals surface area contributed by atoms with Crippen molar-refractivity contribution < 1.29 is 9.53 Å². The van der Waals surface area contributed by atoms with Crippen molar-refractivity contribution in [2.24, 2.45) is 0 Å². The molecule has 0 radical (unpaired) electrons. The summed E-state index contributed by atoms with van der Waals surface area (Å²) < 4.78 is 5.09. The fourth-order valence-corrected chi connectivity index (χ4v) is 0.722. The van der Waals surface area contributed by atoms with Crippen molar-refractivity contribution in [1.82, 2.24) is 5.32 Å². The maximum atomic E-state index is 10.9. The van der Waals surface area contributed by atoms with Gasteiger partial charge in [0.25, 0.3) is 0 Å². The lowest BCUT2D eigenvalue weighted by atomic mass is 10.4. The van der Waals surface area contributed by atoms with Gasteiger partial charge in [-0.2, -0.15) is 0 Å². The summed E-state index contributed by atoms with van der Waals surface area (Å²) in [6.45, 7) is 4.56. The average molecular weight is 194 g/mol. The third-order valence-electron chi connectivity index (χ3n) is 1.18. The number of amides is 1. The molecule has 0 bridgehead atoms. The average Bonchev–Trinajstić information content (AvgIpc) is 2.01. The standard InChI is InChI=1S/C8H16ClNO2/c1-7(2)12-6-8(11)10-5-3-4-9/h7H,3-6H2,1-2H3,(H,10,11). The van der Waals surface area contributed by atoms with E-state index in [2.05, 4.69) is 5.32 Å². The third kappa shape index (κ3) is 7.82. The van der Waals surface area contributed by atoms with Gasteiger partial charge in [-0.05, 0) is 20.3 Å². The second kappa shape index (κ2) is 7.37. The van der Waals surface area contributed by atoms with Crippen LogP contribution >= 0.6 is 11.6 Å². The zero-order valence-corrected chi connectivity index (χ0v) is 8.36. The van der Waals surface area contributed by atoms with Gasteiger partial charge in [0, 0.05) is 12.4 Å². The molecule has 0 heterocycles. The number of carbonyl (C=O) groups is 1. The van der Waals surface area contributed by atoms with Gasteiger partial charge in [0.2, 0.25) is 5.91 Å². The van der Waals surface area contributed by atoms with Crippen LogP contribution in [-0.2, 0) is 9.53 Å². The molecule has 0 saturated carbocycles. The number of hydrogen-bond acceptors (Lipinski definition) is 2. The Bertz CT molecular complexity index is 128. The highest BCUT2D eigenvalue weighted by Crippen LogP contribution is 1.86. The fourth-order valence-electron chi connectivity index (χ4n) is 0.588. The Hall–Kier alpha value is -0.280. The van der Waals surface area contributed by atoms with E-state index in [4.69, 9.17) is 16.3 Å². The maximum Gasteiger partial charge on any atom is 0.246 e. The summed E-state index contributed by atoms with van der Waals surface area (Å²) in [7, 11) is 0. The van der Waals surface area contributed by atoms with Crippen molar-refractivity contribution in [3.05, 3.63) is 0 Å². The summed E-state index contributed by atoms with van der Waals surface area (Å²) in [5, 5.41) is 2.69. The molecule has 0 aliphatic rings. The normalized spacial score (nSPS) is 10.3. The predicted molar refractivity (Wildman–Crippen MR) is 49.4 cm³/mol. The minimum atomic E-state index is -0.0752. The first kappa shape index (κ1) is 11.7. The van der Waals surface area contributed by atoms with Crippen molar-refractivity contribution >= 4 is 17.5 Å². The van der Waals surface area contributed by atoms with E-state index >= 15 is 0 Å². The smallest absolute Gasteiger partial charge is 0.246 e. The van der Waals surface area contributed by atoms with E-state index in [0.717, 1.165) is 6.42 Å². The molecule has 4 heteroatoms. The van der Waals surface area contributed by atoms with Crippen molar-refractivity contribution in [3.63, 3.8) is 0 Å². The monoisotopic (exact) mass is 193 g/mol. The summed E-state index contributed by atoms with van der Waals surface area (Å²) in [4.78, 5) is 10.9. The van der Waals surface area contributed by atoms with E-state index in [0.29, 0.717) is 12.4 Å². The van der Waals surface area contributed by atoms with Crippen LogP contribution in [-0.4, -0.2) is 31.0 Å². The molecule has 1 N–H and O–H groups in total. The van der Waals surface area contributed by atoms with Crippen molar-refractivity contribution in [2.45, 2.75) is 26.4 Å². The molecule has 0 atom stereocenters. The minimum Gasteiger partial charge on any atom is -0.369 e. The van der Waals surface area contributed by atoms with Crippen LogP contribution in [0.25, 0.3) is 0 Å². The SMILES string of the molecule is CC(C)OCC(=O)NCCCCl. The molecule has 3 nitrogen and oxygen atoms in total. The molecule has 0 spiro atoms. The maximum absolute atomic E-state index is 10.9. The zero-order chi connectivity index (χ0) is 9.40. The van der Waals surface area contributed by atoms with E-state index in [1.165, 1.54) is 0 Å². The highest BCUT2D eigenvalue weighted by Gasteiger charge is 2.01. The molecule has 0 saturated heterocycles. The molecule has 0 aliphatic heterocycles. The number of halogens is 1. The van der Waals surface area contributed by atoms with Gasteiger partial charge in [0.1, 0.15) is 6.61 Å². The fraction of sp³-hybridized carbons (Fsp3) is 0.875. The van der Waals surface area contributed by atoms with Crippen molar-refractivity contribution in [1.29, 1.82) is 0 Å². The molecular formula is C8H16ClNO2. The first-order valence-corrected chi connectivity index (χ1v) is 4.64. The second-order valence-electron chi connectivity index (χ2n) is 2.75. The Labute approximate surface area is 78.4 Å². The lowest BCUT2D eigenvalue weighted by Crippen LogP contribution is -2.29. The number of rotatable bonds is 6. The predicted octanol–water partition coefficient (Wildman–Crippen LogP) is 1.16. The van der Waals surface area contributed by atoms with Crippen LogP contribution in [0.15, 0.2) is 0 Å². The quantitative estimate of drug-likeness (QED) is 0.508. The molecule has 0 unspecified atom stereocenters. The van der Waals surface area contributed by atoms with Crippen LogP contribution in [0.5, 0.6) is 0 Å². The highest BCUT2D eigenvalue weighted by atomic mass is 35.5. The van der Waals surface area contributed by atoms with E-state index in [1.807, 2.05) is 13.8 Å². The van der Waals surface area contributed by atoms with Crippen molar-refractivity contribution in [3.8, 4) is 0 Å². The first-order valence-electron chi connectivity index (χ1n) is 4.11. The molecule has 0 rings (SSSR count). The summed E-state index contributed by atoms with van der Waals surface area (Å²) >= 11 is 5.43. The number of ether oxygens (including phenoxy) is 1. The molecule has 72 valence electrons. The Kier molecular flexibility index (Phi) is 7.20. The Morgan fingerprint density at radius 1 is 1.58 bits per heavy atom. The van der Waals surface area contributed by atoms with Crippen LogP contribution in [0, 0.1) is 0 Å². The summed E-state index contributed by atoms with van der Waals surface area (Å²) in [5.41, 5.74) is 0. The van der Waals surface area contributed by atoms with Gasteiger partial charge in [-0.15, -0.1) is 11.6 Å². The Balaban J connectivity index is 3.22. The largest absolute Gasteiger partial charge is 0.369 e. The zero-order valence-electron chi connectivity index (χ0n) is 7.60. The first-order chi connectivity index (χ1) is 5.66. The van der Waals surface area contributed by atoms with Crippen LogP contribution < -0.4 is 5.32 Å². The van der Waals surface area contributed by atoms with E-state index < -0.39 is 0 Å². The van der Waals surface area contributed by atoms with Crippen LogP contribution in [0.1, 0.15) is 20.3 Å². The molecule has 0 aliphatic carbocycles. The van der Waals surface area contributed by atoms with E-state index in [-0.39, 0.29) is 18.6 Å². The molecule has 0 aromatic rings. The van der Waals surface area contributed by atoms with E-state index in [1.54, 1.807) is 0 Å². The lowest BCUT2D eigenvalue weighted by Gasteiger charge is -2.07. The van der Waals surface area contributed by atoms with Gasteiger partial charge in [-0.1, -0.05) is 0 Å². The summed E-state index contributed by atoms with van der Waals surface area (Å²) in [5.74, 6) is 0.500. The Morgan fingerprint density at radius 3 is 2.75 bits per heavy atom.